The van der Waals surface area contributed by atoms with E-state index in [4.69, 9.17) is 0 Å². The average Bonchev–Trinajstić information content (AvgIpc) is 2.29. The van der Waals surface area contributed by atoms with Gasteiger partial charge in [0.1, 0.15) is 6.34 Å². The third-order valence-corrected chi connectivity index (χ3v) is 2.56. The van der Waals surface area contributed by atoms with Gasteiger partial charge in [0.2, 0.25) is 11.8 Å². The van der Waals surface area contributed by atoms with Crippen molar-refractivity contribution in [3.05, 3.63) is 11.8 Å². The third-order valence-electron chi connectivity index (χ3n) is 2.56. The highest BCUT2D eigenvalue weighted by atomic mass is 16.2. The number of hydrogen-bond donors (Lipinski definition) is 0. The molecular weight excluding hydrogens is 218 g/mol. The monoisotopic (exact) mass is 235 g/mol. The normalized spacial score (nSPS) is 17.9. The van der Waals surface area contributed by atoms with Gasteiger partial charge in [-0.2, -0.15) is 0 Å². The van der Waals surface area contributed by atoms with Gasteiger partial charge in [0.25, 0.3) is 0 Å². The van der Waals surface area contributed by atoms with Crippen LogP contribution in [0.2, 0.25) is 0 Å². The molecule has 1 aliphatic rings. The van der Waals surface area contributed by atoms with E-state index in [0.29, 0.717) is 32.2 Å². The maximum atomic E-state index is 11.5. The van der Waals surface area contributed by atoms with Gasteiger partial charge in [-0.05, 0) is 26.5 Å². The predicted molar refractivity (Wildman–Crippen MR) is 67.0 cm³/mol. The van der Waals surface area contributed by atoms with Crippen LogP contribution in [-0.2, 0) is 9.59 Å². The van der Waals surface area contributed by atoms with Crippen molar-refractivity contribution >= 4 is 24.9 Å². The zero-order chi connectivity index (χ0) is 12.7. The van der Waals surface area contributed by atoms with Crippen LogP contribution >= 0.6 is 0 Å². The summed E-state index contributed by atoms with van der Waals surface area (Å²) in [6.07, 6.45) is 5.29. The number of amides is 2. The Balaban J connectivity index is 2.46. The lowest BCUT2D eigenvalue weighted by Gasteiger charge is -2.24. The van der Waals surface area contributed by atoms with Crippen LogP contribution in [-0.4, -0.2) is 36.3 Å². The van der Waals surface area contributed by atoms with Crippen molar-refractivity contribution < 1.29 is 9.59 Å². The Morgan fingerprint density at radius 2 is 2.06 bits per heavy atom. The first-order valence-electron chi connectivity index (χ1n) is 5.61. The molecule has 1 fully saturated rings. The first kappa shape index (κ1) is 13.3. The fraction of sp³-hybridized carbons (Fsp3) is 0.500. The highest BCUT2D eigenvalue weighted by Gasteiger charge is 2.24. The SMILES string of the molecule is C=N/C=N\C=C(/C)CCN1C(=O)CCCC1=O. The van der Waals surface area contributed by atoms with Crippen LogP contribution in [0.4, 0.5) is 0 Å². The van der Waals surface area contributed by atoms with Gasteiger partial charge in [0.15, 0.2) is 0 Å². The fourth-order valence-electron chi connectivity index (χ4n) is 1.61. The van der Waals surface area contributed by atoms with Crippen LogP contribution in [0.1, 0.15) is 32.6 Å². The molecule has 0 aromatic carbocycles. The standard InChI is InChI=1S/C12H17N3O2/c1-10(8-14-9-13-2)6-7-15-11(16)4-3-5-12(15)17/h8-9H,2-7H2,1H3/b10-8+,14-9-. The van der Waals surface area contributed by atoms with E-state index in [1.165, 1.54) is 11.2 Å². The molecule has 5 nitrogen and oxygen atoms in total. The molecule has 0 spiro atoms. The number of nitrogens with zero attached hydrogens (tertiary/aromatic N) is 3. The Bertz CT molecular complexity index is 356. The molecule has 92 valence electrons. The molecule has 17 heavy (non-hydrogen) atoms. The van der Waals surface area contributed by atoms with Gasteiger partial charge in [-0.15, -0.1) is 0 Å². The number of aliphatic imine (C=N–C) groups is 2. The Morgan fingerprint density at radius 3 is 2.65 bits per heavy atom. The minimum atomic E-state index is -0.0645. The number of hydrogen-bond acceptors (Lipinski definition) is 3. The minimum absolute atomic E-state index is 0.0645. The molecule has 1 heterocycles. The fourth-order valence-corrected chi connectivity index (χ4v) is 1.61. The highest BCUT2D eigenvalue weighted by molar-refractivity contribution is 5.97. The van der Waals surface area contributed by atoms with E-state index in [0.717, 1.165) is 5.57 Å². The summed E-state index contributed by atoms with van der Waals surface area (Å²) in [4.78, 5) is 31.7. The van der Waals surface area contributed by atoms with Crippen molar-refractivity contribution in [2.75, 3.05) is 6.54 Å². The number of likely N-dealkylation sites (tertiary alicyclic amines) is 1. The van der Waals surface area contributed by atoms with Crippen LogP contribution in [0.15, 0.2) is 21.8 Å². The topological polar surface area (TPSA) is 62.1 Å². The minimum Gasteiger partial charge on any atom is -0.282 e. The zero-order valence-electron chi connectivity index (χ0n) is 10.1. The van der Waals surface area contributed by atoms with E-state index >= 15 is 0 Å². The van der Waals surface area contributed by atoms with E-state index in [2.05, 4.69) is 16.7 Å². The summed E-state index contributed by atoms with van der Waals surface area (Å²) in [5, 5.41) is 0. The third kappa shape index (κ3) is 4.30. The van der Waals surface area contributed by atoms with Crippen molar-refractivity contribution in [3.8, 4) is 0 Å². The van der Waals surface area contributed by atoms with Crippen LogP contribution in [0.5, 0.6) is 0 Å². The van der Waals surface area contributed by atoms with Crippen molar-refractivity contribution in [3.63, 3.8) is 0 Å². The largest absolute Gasteiger partial charge is 0.282 e. The maximum absolute atomic E-state index is 11.5. The molecule has 2 amide bonds. The molecular formula is C12H17N3O2. The average molecular weight is 235 g/mol. The maximum Gasteiger partial charge on any atom is 0.229 e. The molecule has 0 aromatic rings. The number of imide groups is 1. The van der Waals surface area contributed by atoms with Crippen molar-refractivity contribution in [2.24, 2.45) is 9.98 Å². The smallest absolute Gasteiger partial charge is 0.229 e. The first-order chi connectivity index (χ1) is 8.15. The quantitative estimate of drug-likeness (QED) is 0.412. The molecule has 0 N–H and O–H groups in total. The lowest BCUT2D eigenvalue weighted by atomic mass is 10.1. The van der Waals surface area contributed by atoms with Gasteiger partial charge < -0.3 is 0 Å². The van der Waals surface area contributed by atoms with Gasteiger partial charge >= 0.3 is 0 Å². The summed E-state index contributed by atoms with van der Waals surface area (Å²) in [5.41, 5.74) is 0.996. The van der Waals surface area contributed by atoms with E-state index in [1.54, 1.807) is 6.20 Å². The summed E-state index contributed by atoms with van der Waals surface area (Å²) >= 11 is 0. The Hall–Kier alpha value is -1.78. The molecule has 0 unspecified atom stereocenters. The van der Waals surface area contributed by atoms with Crippen LogP contribution in [0.3, 0.4) is 0 Å². The highest BCUT2D eigenvalue weighted by Crippen LogP contribution is 2.13. The number of carbonyl (C=O) groups is 2. The Kier molecular flexibility index (Phi) is 5.26. The van der Waals surface area contributed by atoms with E-state index in [9.17, 15) is 9.59 Å². The molecule has 0 aromatic heterocycles. The summed E-state index contributed by atoms with van der Waals surface area (Å²) in [6, 6.07) is 0. The summed E-state index contributed by atoms with van der Waals surface area (Å²) in [5.74, 6) is -0.129. The molecule has 0 bridgehead atoms. The zero-order valence-corrected chi connectivity index (χ0v) is 10.1. The van der Waals surface area contributed by atoms with Crippen molar-refractivity contribution in [1.82, 2.24) is 4.90 Å². The van der Waals surface area contributed by atoms with Gasteiger partial charge in [0.05, 0.1) is 0 Å². The second kappa shape index (κ2) is 6.73. The Labute approximate surface area is 101 Å². The van der Waals surface area contributed by atoms with Crippen molar-refractivity contribution in [2.45, 2.75) is 32.6 Å². The lowest BCUT2D eigenvalue weighted by Crippen LogP contribution is -2.40. The van der Waals surface area contributed by atoms with Crippen LogP contribution < -0.4 is 0 Å². The number of piperidine rings is 1. The molecule has 1 aliphatic heterocycles. The number of carbonyl (C=O) groups excluding carboxylic acids is 2. The van der Waals surface area contributed by atoms with E-state index in [1.807, 2.05) is 6.92 Å². The van der Waals surface area contributed by atoms with E-state index in [-0.39, 0.29) is 11.8 Å². The van der Waals surface area contributed by atoms with Crippen LogP contribution in [0.25, 0.3) is 0 Å². The van der Waals surface area contributed by atoms with E-state index < -0.39 is 0 Å². The second-order valence-electron chi connectivity index (χ2n) is 3.97. The lowest BCUT2D eigenvalue weighted by molar-refractivity contribution is -0.147. The first-order valence-corrected chi connectivity index (χ1v) is 5.61. The number of rotatable bonds is 5. The summed E-state index contributed by atoms with van der Waals surface area (Å²) < 4.78 is 0. The van der Waals surface area contributed by atoms with Crippen LogP contribution in [0, 0.1) is 0 Å². The Morgan fingerprint density at radius 1 is 1.41 bits per heavy atom. The molecule has 0 atom stereocenters. The van der Waals surface area contributed by atoms with Crippen molar-refractivity contribution in [1.29, 1.82) is 0 Å². The second-order valence-corrected chi connectivity index (χ2v) is 3.97. The predicted octanol–water partition coefficient (Wildman–Crippen LogP) is 1.55. The molecule has 0 aliphatic carbocycles. The summed E-state index contributed by atoms with van der Waals surface area (Å²) in [7, 11) is 0. The van der Waals surface area contributed by atoms with Gasteiger partial charge in [-0.25, -0.2) is 4.99 Å². The molecule has 0 saturated carbocycles. The summed E-state index contributed by atoms with van der Waals surface area (Å²) in [6.45, 7) is 5.61. The molecule has 0 radical (unpaired) electrons. The van der Waals surface area contributed by atoms with Gasteiger partial charge in [-0.3, -0.25) is 19.5 Å². The molecule has 1 rings (SSSR count). The van der Waals surface area contributed by atoms with Gasteiger partial charge in [-0.1, -0.05) is 5.57 Å². The molecule has 1 saturated heterocycles. The molecule has 5 heteroatoms. The van der Waals surface area contributed by atoms with Gasteiger partial charge in [0, 0.05) is 25.6 Å².